The first-order valence-electron chi connectivity index (χ1n) is 8.84. The predicted molar refractivity (Wildman–Crippen MR) is 104 cm³/mol. The molecule has 1 unspecified atom stereocenters. The zero-order chi connectivity index (χ0) is 19.2. The van der Waals surface area contributed by atoms with Crippen molar-refractivity contribution < 1.29 is 19.1 Å². The summed E-state index contributed by atoms with van der Waals surface area (Å²) in [5, 5.41) is 5.64. The number of benzene rings is 2. The third kappa shape index (κ3) is 4.49. The molecule has 7 nitrogen and oxygen atoms in total. The van der Waals surface area contributed by atoms with Crippen molar-refractivity contribution in [3.05, 3.63) is 48.5 Å². The van der Waals surface area contributed by atoms with Crippen LogP contribution in [0.3, 0.4) is 0 Å². The number of ether oxygens (including phenoxy) is 2. The maximum absolute atomic E-state index is 12.3. The Kier molecular flexibility index (Phi) is 5.80. The van der Waals surface area contributed by atoms with Gasteiger partial charge in [0.05, 0.1) is 25.4 Å². The van der Waals surface area contributed by atoms with E-state index in [0.29, 0.717) is 24.6 Å². The van der Waals surface area contributed by atoms with Gasteiger partial charge in [0.1, 0.15) is 11.5 Å². The number of urea groups is 1. The van der Waals surface area contributed by atoms with Gasteiger partial charge in [0.25, 0.3) is 0 Å². The van der Waals surface area contributed by atoms with Crippen molar-refractivity contribution in [2.75, 3.05) is 30.5 Å². The van der Waals surface area contributed by atoms with Gasteiger partial charge in [0.2, 0.25) is 5.91 Å². The molecule has 1 aliphatic heterocycles. The fourth-order valence-electron chi connectivity index (χ4n) is 3.01. The number of carbonyl (C=O) groups excluding carboxylic acids is 2. The number of nitrogens with one attached hydrogen (secondary N) is 2. The lowest BCUT2D eigenvalue weighted by molar-refractivity contribution is -0.117. The molecular formula is C20H23N3O4. The summed E-state index contributed by atoms with van der Waals surface area (Å²) >= 11 is 0. The van der Waals surface area contributed by atoms with Crippen molar-refractivity contribution in [3.8, 4) is 11.5 Å². The van der Waals surface area contributed by atoms with Crippen LogP contribution in [0.5, 0.6) is 11.5 Å². The SMILES string of the molecule is CCOc1ccccc1NC(=O)NC1CC(=O)N(c2ccc(OC)cc2)C1. The lowest BCUT2D eigenvalue weighted by atomic mass is 10.2. The number of anilines is 2. The second kappa shape index (κ2) is 8.44. The molecule has 1 saturated heterocycles. The summed E-state index contributed by atoms with van der Waals surface area (Å²) in [7, 11) is 1.60. The molecule has 2 aromatic rings. The Morgan fingerprint density at radius 2 is 1.93 bits per heavy atom. The predicted octanol–water partition coefficient (Wildman–Crippen LogP) is 3.02. The minimum absolute atomic E-state index is 0.0276. The van der Waals surface area contributed by atoms with Gasteiger partial charge < -0.3 is 25.0 Å². The van der Waals surface area contributed by atoms with Gasteiger partial charge >= 0.3 is 6.03 Å². The van der Waals surface area contributed by atoms with Gasteiger partial charge in [-0.2, -0.15) is 0 Å². The van der Waals surface area contributed by atoms with Crippen LogP contribution in [-0.2, 0) is 4.79 Å². The van der Waals surface area contributed by atoms with Gasteiger partial charge in [-0.25, -0.2) is 4.79 Å². The van der Waals surface area contributed by atoms with E-state index in [0.717, 1.165) is 11.4 Å². The maximum Gasteiger partial charge on any atom is 0.319 e. The first-order valence-corrected chi connectivity index (χ1v) is 8.84. The zero-order valence-corrected chi connectivity index (χ0v) is 15.4. The highest BCUT2D eigenvalue weighted by molar-refractivity contribution is 5.98. The first-order chi connectivity index (χ1) is 13.1. The van der Waals surface area contributed by atoms with Gasteiger partial charge in [-0.1, -0.05) is 12.1 Å². The largest absolute Gasteiger partial charge is 0.497 e. The highest BCUT2D eigenvalue weighted by Crippen LogP contribution is 2.25. The van der Waals surface area contributed by atoms with Crippen LogP contribution in [0.4, 0.5) is 16.2 Å². The molecule has 1 aliphatic rings. The number of para-hydroxylation sites is 2. The molecule has 0 radical (unpaired) electrons. The van der Waals surface area contributed by atoms with E-state index in [9.17, 15) is 9.59 Å². The normalized spacial score (nSPS) is 16.1. The Balaban J connectivity index is 1.60. The van der Waals surface area contributed by atoms with Crippen LogP contribution >= 0.6 is 0 Å². The minimum Gasteiger partial charge on any atom is -0.497 e. The highest BCUT2D eigenvalue weighted by Gasteiger charge is 2.31. The molecule has 0 saturated carbocycles. The zero-order valence-electron chi connectivity index (χ0n) is 15.4. The van der Waals surface area contributed by atoms with Crippen LogP contribution in [0.2, 0.25) is 0 Å². The fraction of sp³-hybridized carbons (Fsp3) is 0.300. The quantitative estimate of drug-likeness (QED) is 0.820. The summed E-state index contributed by atoms with van der Waals surface area (Å²) in [6, 6.07) is 13.9. The van der Waals surface area contributed by atoms with Crippen LogP contribution in [0.1, 0.15) is 13.3 Å². The Hall–Kier alpha value is -3.22. The molecular weight excluding hydrogens is 346 g/mol. The Morgan fingerprint density at radius 1 is 1.19 bits per heavy atom. The van der Waals surface area contributed by atoms with E-state index < -0.39 is 0 Å². The van der Waals surface area contributed by atoms with Crippen LogP contribution in [0.15, 0.2) is 48.5 Å². The van der Waals surface area contributed by atoms with Gasteiger partial charge in [0.15, 0.2) is 0 Å². The van der Waals surface area contributed by atoms with E-state index in [4.69, 9.17) is 9.47 Å². The molecule has 2 N–H and O–H groups in total. The smallest absolute Gasteiger partial charge is 0.319 e. The molecule has 0 aliphatic carbocycles. The second-order valence-corrected chi connectivity index (χ2v) is 6.13. The van der Waals surface area contributed by atoms with Gasteiger partial charge in [-0.3, -0.25) is 4.79 Å². The van der Waals surface area contributed by atoms with Gasteiger partial charge in [-0.15, -0.1) is 0 Å². The van der Waals surface area contributed by atoms with Crippen molar-refractivity contribution in [2.45, 2.75) is 19.4 Å². The minimum atomic E-state index is -0.364. The molecule has 1 heterocycles. The van der Waals surface area contributed by atoms with Crippen LogP contribution in [-0.4, -0.2) is 38.2 Å². The summed E-state index contributed by atoms with van der Waals surface area (Å²) in [6.45, 7) is 2.81. The number of hydrogen-bond acceptors (Lipinski definition) is 4. The van der Waals surface area contributed by atoms with E-state index >= 15 is 0 Å². The second-order valence-electron chi connectivity index (χ2n) is 6.13. The van der Waals surface area contributed by atoms with E-state index in [1.54, 1.807) is 36.3 Å². The number of rotatable bonds is 6. The average molecular weight is 369 g/mol. The number of hydrogen-bond donors (Lipinski definition) is 2. The molecule has 27 heavy (non-hydrogen) atoms. The average Bonchev–Trinajstić information content (AvgIpc) is 3.03. The summed E-state index contributed by atoms with van der Waals surface area (Å²) in [5.41, 5.74) is 1.38. The van der Waals surface area contributed by atoms with Crippen molar-refractivity contribution >= 4 is 23.3 Å². The number of carbonyl (C=O) groups is 2. The molecule has 0 bridgehead atoms. The third-order valence-corrected chi connectivity index (χ3v) is 4.28. The summed E-state index contributed by atoms with van der Waals surface area (Å²) in [6.07, 6.45) is 0.257. The van der Waals surface area contributed by atoms with Gasteiger partial charge in [0, 0.05) is 18.7 Å². The van der Waals surface area contributed by atoms with E-state index in [1.807, 2.05) is 31.2 Å². The molecule has 1 atom stereocenters. The molecule has 3 rings (SSSR count). The van der Waals surface area contributed by atoms with Crippen molar-refractivity contribution in [1.29, 1.82) is 0 Å². The van der Waals surface area contributed by atoms with E-state index in [-0.39, 0.29) is 24.4 Å². The summed E-state index contributed by atoms with van der Waals surface area (Å²) in [4.78, 5) is 26.3. The van der Waals surface area contributed by atoms with E-state index in [2.05, 4.69) is 10.6 Å². The Bertz CT molecular complexity index is 807. The van der Waals surface area contributed by atoms with Crippen LogP contribution in [0.25, 0.3) is 0 Å². The standard InChI is InChI=1S/C20H23N3O4/c1-3-27-18-7-5-4-6-17(18)22-20(25)21-14-12-19(24)23(13-14)15-8-10-16(26-2)11-9-15/h4-11,14H,3,12-13H2,1-2H3,(H2,21,22,25). The molecule has 0 aromatic heterocycles. The van der Waals surface area contributed by atoms with Crippen LogP contribution in [0, 0.1) is 0 Å². The number of nitrogens with zero attached hydrogens (tertiary/aromatic N) is 1. The van der Waals surface area contributed by atoms with Crippen LogP contribution < -0.4 is 25.0 Å². The van der Waals surface area contributed by atoms with Crippen molar-refractivity contribution in [2.24, 2.45) is 0 Å². The lowest BCUT2D eigenvalue weighted by Gasteiger charge is -2.18. The number of methoxy groups -OCH3 is 1. The molecule has 142 valence electrons. The molecule has 1 fully saturated rings. The lowest BCUT2D eigenvalue weighted by Crippen LogP contribution is -2.39. The Labute approximate surface area is 158 Å². The molecule has 2 aromatic carbocycles. The molecule has 7 heteroatoms. The van der Waals surface area contributed by atoms with Crippen molar-refractivity contribution in [1.82, 2.24) is 5.32 Å². The first kappa shape index (κ1) is 18.6. The number of amides is 3. The monoisotopic (exact) mass is 369 g/mol. The Morgan fingerprint density at radius 3 is 2.63 bits per heavy atom. The summed E-state index contributed by atoms with van der Waals surface area (Å²) in [5.74, 6) is 1.31. The topological polar surface area (TPSA) is 79.9 Å². The maximum atomic E-state index is 12.3. The third-order valence-electron chi connectivity index (χ3n) is 4.28. The summed E-state index contributed by atoms with van der Waals surface area (Å²) < 4.78 is 10.6. The fourth-order valence-corrected chi connectivity index (χ4v) is 3.01. The van der Waals surface area contributed by atoms with E-state index in [1.165, 1.54) is 0 Å². The van der Waals surface area contributed by atoms with Crippen molar-refractivity contribution in [3.63, 3.8) is 0 Å². The molecule has 0 spiro atoms. The molecule has 3 amide bonds. The highest BCUT2D eigenvalue weighted by atomic mass is 16.5. The van der Waals surface area contributed by atoms with Gasteiger partial charge in [-0.05, 0) is 43.3 Å².